The number of aliphatic hydroxyl groups is 4. The fourth-order valence-corrected chi connectivity index (χ4v) is 2.82. The van der Waals surface area contributed by atoms with Crippen molar-refractivity contribution in [2.75, 3.05) is 0 Å². The van der Waals surface area contributed by atoms with Gasteiger partial charge in [-0.2, -0.15) is 0 Å². The van der Waals surface area contributed by atoms with Gasteiger partial charge in [-0.1, -0.05) is 0 Å². The molecule has 0 amide bonds. The monoisotopic (exact) mass is 492 g/mol. The molecule has 0 aromatic rings. The smallest absolute Gasteiger partial charge is 0.790 e. The number of phosphoric ester groups is 2. The SMILES string of the molecule is O=P([O-])([O-])OC1[C@@H](O)[C@H](O)C(OP(=O)([O-])[O-])[C@H](O)[C@@H]1O.[K+].[K+].[K+].[K+]. The maximum absolute atomic E-state index is 10.4. The first kappa shape index (κ1) is 37.9. The zero-order valence-corrected chi connectivity index (χ0v) is 27.7. The molecule has 1 aliphatic carbocycles. The van der Waals surface area contributed by atoms with E-state index in [4.69, 9.17) is 0 Å². The van der Waals surface area contributed by atoms with E-state index in [9.17, 15) is 49.1 Å². The third-order valence-electron chi connectivity index (χ3n) is 2.55. The minimum atomic E-state index is -5.68. The standard InChI is InChI=1S/C6H14O12P2.4K/c7-1-2(8)6(18-20(14,15)16)4(10)3(9)5(1)17-19(11,12)13;;;;/h1-10H,(H2,11,12,13)(H2,14,15,16);;;;/q;4*+1/p-4/t1-,2-,3-,4+,5?,6?;;;;/m0..../s1. The van der Waals surface area contributed by atoms with Crippen LogP contribution in [0.2, 0.25) is 0 Å². The van der Waals surface area contributed by atoms with Crippen LogP contribution >= 0.6 is 15.6 Å². The van der Waals surface area contributed by atoms with Gasteiger partial charge >= 0.3 is 206 Å². The van der Waals surface area contributed by atoms with Crippen LogP contribution in [0.15, 0.2) is 0 Å². The number of phosphoric acid groups is 2. The summed E-state index contributed by atoms with van der Waals surface area (Å²) >= 11 is 0. The molecule has 120 valence electrons. The van der Waals surface area contributed by atoms with Gasteiger partial charge in [-0.15, -0.1) is 0 Å². The summed E-state index contributed by atoms with van der Waals surface area (Å²) < 4.78 is 28.3. The van der Waals surface area contributed by atoms with E-state index in [0.29, 0.717) is 0 Å². The molecule has 0 radical (unpaired) electrons. The molecular formula is C6H10K4O12P2. The Morgan fingerprint density at radius 2 is 0.750 bits per heavy atom. The molecule has 0 spiro atoms. The van der Waals surface area contributed by atoms with Gasteiger partial charge < -0.3 is 58.2 Å². The van der Waals surface area contributed by atoms with Crippen molar-refractivity contribution >= 4 is 15.6 Å². The second-order valence-corrected chi connectivity index (χ2v) is 6.21. The van der Waals surface area contributed by atoms with Gasteiger partial charge in [0.15, 0.2) is 0 Å². The topological polar surface area (TPSA) is 226 Å². The van der Waals surface area contributed by atoms with E-state index in [0.717, 1.165) is 0 Å². The van der Waals surface area contributed by atoms with Crippen LogP contribution in [0.25, 0.3) is 0 Å². The molecule has 1 rings (SSSR count). The molecule has 1 saturated carbocycles. The van der Waals surface area contributed by atoms with Crippen molar-refractivity contribution in [2.45, 2.75) is 36.6 Å². The van der Waals surface area contributed by atoms with Crippen molar-refractivity contribution in [3.05, 3.63) is 0 Å². The van der Waals surface area contributed by atoms with E-state index in [-0.39, 0.29) is 206 Å². The third-order valence-corrected chi connectivity index (χ3v) is 3.55. The van der Waals surface area contributed by atoms with Crippen LogP contribution in [0.5, 0.6) is 0 Å². The minimum absolute atomic E-state index is 0. The Bertz CT molecular complexity index is 387. The molecule has 1 aliphatic rings. The van der Waals surface area contributed by atoms with Crippen LogP contribution < -0.4 is 225 Å². The summed E-state index contributed by atoms with van der Waals surface area (Å²) in [5.74, 6) is 0. The molecule has 4 N–H and O–H groups in total. The van der Waals surface area contributed by atoms with Gasteiger partial charge in [0, 0.05) is 0 Å². The van der Waals surface area contributed by atoms with Crippen molar-refractivity contribution < 1.29 is 264 Å². The molecule has 0 heterocycles. The molecule has 0 aromatic carbocycles. The number of rotatable bonds is 4. The Morgan fingerprint density at radius 3 is 0.875 bits per heavy atom. The molecule has 2 unspecified atom stereocenters. The van der Waals surface area contributed by atoms with E-state index in [1.54, 1.807) is 0 Å². The quantitative estimate of drug-likeness (QED) is 0.212. The van der Waals surface area contributed by atoms with Crippen LogP contribution in [0.3, 0.4) is 0 Å². The normalized spacial score (nSPS) is 33.2. The molecule has 18 heteroatoms. The maximum atomic E-state index is 10.4. The van der Waals surface area contributed by atoms with Crippen molar-refractivity contribution in [2.24, 2.45) is 0 Å². The fraction of sp³-hybridized carbons (Fsp3) is 1.00. The fourth-order valence-electron chi connectivity index (χ4n) is 1.73. The van der Waals surface area contributed by atoms with Gasteiger partial charge in [0.25, 0.3) is 0 Å². The molecule has 24 heavy (non-hydrogen) atoms. The summed E-state index contributed by atoms with van der Waals surface area (Å²) in [7, 11) is -11.4. The largest absolute Gasteiger partial charge is 1.00 e. The first-order valence-electron chi connectivity index (χ1n) is 4.96. The van der Waals surface area contributed by atoms with Crippen LogP contribution in [0, 0.1) is 0 Å². The predicted molar refractivity (Wildman–Crippen MR) is 49.0 cm³/mol. The molecule has 0 bridgehead atoms. The van der Waals surface area contributed by atoms with E-state index in [1.807, 2.05) is 0 Å². The Morgan fingerprint density at radius 1 is 0.583 bits per heavy atom. The second kappa shape index (κ2) is 16.3. The summed E-state index contributed by atoms with van der Waals surface area (Å²) in [6, 6.07) is 0. The Balaban J connectivity index is -0.000000500. The van der Waals surface area contributed by atoms with E-state index in [2.05, 4.69) is 9.05 Å². The summed E-state index contributed by atoms with van der Waals surface area (Å²) in [4.78, 5) is 41.6. The predicted octanol–water partition coefficient (Wildman–Crippen LogP) is -18.1. The number of hydrogen-bond donors (Lipinski definition) is 4. The van der Waals surface area contributed by atoms with Crippen LogP contribution in [0.4, 0.5) is 0 Å². The second-order valence-electron chi connectivity index (χ2n) is 4.00. The zero-order valence-electron chi connectivity index (χ0n) is 13.4. The van der Waals surface area contributed by atoms with Gasteiger partial charge in [0.05, 0.1) is 15.6 Å². The Labute approximate surface area is 307 Å². The zero-order chi connectivity index (χ0) is 15.9. The van der Waals surface area contributed by atoms with Crippen molar-refractivity contribution in [1.82, 2.24) is 0 Å². The van der Waals surface area contributed by atoms with E-state index in [1.165, 1.54) is 0 Å². The average Bonchev–Trinajstić information content (AvgIpc) is 2.25. The maximum Gasteiger partial charge on any atom is 1.00 e. The van der Waals surface area contributed by atoms with Crippen LogP contribution in [-0.2, 0) is 18.2 Å². The van der Waals surface area contributed by atoms with Gasteiger partial charge in [-0.05, 0) is 0 Å². The van der Waals surface area contributed by atoms with Gasteiger partial charge in [-0.25, -0.2) is 0 Å². The van der Waals surface area contributed by atoms with E-state index >= 15 is 0 Å². The molecule has 6 atom stereocenters. The van der Waals surface area contributed by atoms with Crippen LogP contribution in [0.1, 0.15) is 0 Å². The number of hydrogen-bond acceptors (Lipinski definition) is 12. The van der Waals surface area contributed by atoms with Gasteiger partial charge in [0.2, 0.25) is 0 Å². The van der Waals surface area contributed by atoms with E-state index < -0.39 is 52.3 Å². The van der Waals surface area contributed by atoms with Gasteiger partial charge in [0.1, 0.15) is 36.6 Å². The van der Waals surface area contributed by atoms with Crippen molar-refractivity contribution in [3.8, 4) is 0 Å². The summed E-state index contributed by atoms with van der Waals surface area (Å²) in [6.45, 7) is 0. The first-order valence-corrected chi connectivity index (χ1v) is 7.89. The van der Waals surface area contributed by atoms with Crippen molar-refractivity contribution in [3.63, 3.8) is 0 Å². The minimum Gasteiger partial charge on any atom is -0.790 e. The third kappa shape index (κ3) is 13.2. The molecule has 12 nitrogen and oxygen atoms in total. The summed E-state index contributed by atoms with van der Waals surface area (Å²) in [6.07, 6.45) is -13.7. The molecule has 0 aliphatic heterocycles. The molecule has 0 aromatic heterocycles. The average molecular weight is 492 g/mol. The van der Waals surface area contributed by atoms with Crippen LogP contribution in [-0.4, -0.2) is 57.0 Å². The Hall–Kier alpha value is 6.61. The Kier molecular flexibility index (Phi) is 25.7. The van der Waals surface area contributed by atoms with Crippen molar-refractivity contribution in [1.29, 1.82) is 0 Å². The molecular weight excluding hydrogens is 482 g/mol. The number of aliphatic hydroxyl groups excluding tert-OH is 4. The first-order chi connectivity index (χ1) is 8.83. The summed E-state index contributed by atoms with van der Waals surface area (Å²) in [5, 5.41) is 37.7. The van der Waals surface area contributed by atoms with Gasteiger partial charge in [-0.3, -0.25) is 0 Å². The molecule has 1 fully saturated rings. The summed E-state index contributed by atoms with van der Waals surface area (Å²) in [5.41, 5.74) is 0. The molecule has 0 saturated heterocycles.